The van der Waals surface area contributed by atoms with Crippen LogP contribution >= 0.6 is 0 Å². The molecule has 0 aromatic heterocycles. The van der Waals surface area contributed by atoms with Gasteiger partial charge in [0.05, 0.1) is 6.04 Å². The van der Waals surface area contributed by atoms with Gasteiger partial charge in [-0.3, -0.25) is 4.79 Å². The molecule has 1 amide bonds. The number of rotatable bonds is 6. The first-order chi connectivity index (χ1) is 8.50. The molecule has 106 valence electrons. The molecule has 0 aromatic carbocycles. The molecule has 2 unspecified atom stereocenters. The normalized spacial score (nSPS) is 20.7. The third-order valence-corrected chi connectivity index (χ3v) is 3.56. The second kappa shape index (κ2) is 7.74. The minimum absolute atomic E-state index is 0.0996. The van der Waals surface area contributed by atoms with Crippen LogP contribution in [0.4, 0.5) is 0 Å². The quantitative estimate of drug-likeness (QED) is 0.758. The predicted molar refractivity (Wildman–Crippen MR) is 73.5 cm³/mol. The third-order valence-electron chi connectivity index (χ3n) is 3.56. The van der Waals surface area contributed by atoms with E-state index in [0.717, 1.165) is 32.6 Å². The van der Waals surface area contributed by atoms with Crippen molar-refractivity contribution in [2.75, 3.05) is 19.8 Å². The van der Waals surface area contributed by atoms with Crippen LogP contribution in [0.25, 0.3) is 0 Å². The van der Waals surface area contributed by atoms with Gasteiger partial charge in [-0.1, -0.05) is 13.8 Å². The molecule has 0 aliphatic carbocycles. The zero-order valence-corrected chi connectivity index (χ0v) is 12.2. The van der Waals surface area contributed by atoms with Crippen LogP contribution in [0.5, 0.6) is 0 Å². The van der Waals surface area contributed by atoms with E-state index >= 15 is 0 Å². The standard InChI is InChI=1S/C14H28N2O2/c1-10(2)9-15-14(17)12(4)16-11(3)13-5-7-18-8-6-13/h10-13,16H,5-9H2,1-4H3,(H,15,17). The number of hydrogen-bond acceptors (Lipinski definition) is 3. The van der Waals surface area contributed by atoms with E-state index in [1.807, 2.05) is 6.92 Å². The SMILES string of the molecule is CC(C)CNC(=O)C(C)NC(C)C1CCOCC1. The Balaban J connectivity index is 2.28. The van der Waals surface area contributed by atoms with Crippen LogP contribution in [-0.4, -0.2) is 37.7 Å². The summed E-state index contributed by atoms with van der Waals surface area (Å²) in [6.45, 7) is 10.8. The Bertz CT molecular complexity index is 250. The van der Waals surface area contributed by atoms with E-state index in [9.17, 15) is 4.79 Å². The Hall–Kier alpha value is -0.610. The van der Waals surface area contributed by atoms with Crippen molar-refractivity contribution in [1.29, 1.82) is 0 Å². The number of amides is 1. The van der Waals surface area contributed by atoms with Crippen molar-refractivity contribution >= 4 is 5.91 Å². The highest BCUT2D eigenvalue weighted by Crippen LogP contribution is 2.18. The van der Waals surface area contributed by atoms with Crippen molar-refractivity contribution in [3.8, 4) is 0 Å². The summed E-state index contributed by atoms with van der Waals surface area (Å²) >= 11 is 0. The second-order valence-corrected chi connectivity index (χ2v) is 5.77. The summed E-state index contributed by atoms with van der Waals surface area (Å²) in [7, 11) is 0. The molecule has 18 heavy (non-hydrogen) atoms. The Morgan fingerprint density at radius 2 is 1.83 bits per heavy atom. The highest BCUT2D eigenvalue weighted by molar-refractivity contribution is 5.81. The number of carbonyl (C=O) groups excluding carboxylic acids is 1. The maximum Gasteiger partial charge on any atom is 0.236 e. The second-order valence-electron chi connectivity index (χ2n) is 5.77. The van der Waals surface area contributed by atoms with Crippen LogP contribution in [0.2, 0.25) is 0 Å². The minimum atomic E-state index is -0.124. The maximum absolute atomic E-state index is 11.9. The van der Waals surface area contributed by atoms with Gasteiger partial charge in [-0.2, -0.15) is 0 Å². The fourth-order valence-electron chi connectivity index (χ4n) is 2.28. The molecule has 1 fully saturated rings. The van der Waals surface area contributed by atoms with E-state index in [1.165, 1.54) is 0 Å². The fraction of sp³-hybridized carbons (Fsp3) is 0.929. The molecular weight excluding hydrogens is 228 g/mol. The summed E-state index contributed by atoms with van der Waals surface area (Å²) in [5.41, 5.74) is 0. The summed E-state index contributed by atoms with van der Waals surface area (Å²) in [4.78, 5) is 11.9. The Labute approximate surface area is 111 Å². The molecule has 1 heterocycles. The van der Waals surface area contributed by atoms with Gasteiger partial charge in [0, 0.05) is 25.8 Å². The Kier molecular flexibility index (Phi) is 6.65. The summed E-state index contributed by atoms with van der Waals surface area (Å²) in [6, 6.07) is 0.246. The van der Waals surface area contributed by atoms with Gasteiger partial charge in [0.25, 0.3) is 0 Å². The van der Waals surface area contributed by atoms with Gasteiger partial charge in [0.1, 0.15) is 0 Å². The third kappa shape index (κ3) is 5.36. The van der Waals surface area contributed by atoms with Gasteiger partial charge in [-0.25, -0.2) is 0 Å². The molecule has 0 radical (unpaired) electrons. The highest BCUT2D eigenvalue weighted by Gasteiger charge is 2.23. The van der Waals surface area contributed by atoms with Crippen molar-refractivity contribution in [3.63, 3.8) is 0 Å². The van der Waals surface area contributed by atoms with Crippen LogP contribution < -0.4 is 10.6 Å². The molecule has 4 heteroatoms. The van der Waals surface area contributed by atoms with Gasteiger partial charge < -0.3 is 15.4 Å². The summed E-state index contributed by atoms with van der Waals surface area (Å²) in [6.07, 6.45) is 2.18. The molecule has 0 aromatic rings. The van der Waals surface area contributed by atoms with Gasteiger partial charge in [0.2, 0.25) is 5.91 Å². The van der Waals surface area contributed by atoms with Crippen molar-refractivity contribution in [2.45, 2.75) is 52.6 Å². The molecule has 0 spiro atoms. The summed E-state index contributed by atoms with van der Waals surface area (Å²) < 4.78 is 5.36. The van der Waals surface area contributed by atoms with E-state index in [0.29, 0.717) is 17.9 Å². The van der Waals surface area contributed by atoms with Gasteiger partial charge in [0.15, 0.2) is 0 Å². The lowest BCUT2D eigenvalue weighted by Gasteiger charge is -2.30. The molecule has 0 saturated carbocycles. The molecule has 1 rings (SSSR count). The Morgan fingerprint density at radius 3 is 2.39 bits per heavy atom. The van der Waals surface area contributed by atoms with E-state index in [4.69, 9.17) is 4.74 Å². The van der Waals surface area contributed by atoms with E-state index in [2.05, 4.69) is 31.4 Å². The average molecular weight is 256 g/mol. The molecule has 1 aliphatic heterocycles. The Morgan fingerprint density at radius 1 is 1.22 bits per heavy atom. The average Bonchev–Trinajstić information content (AvgIpc) is 2.36. The zero-order valence-electron chi connectivity index (χ0n) is 12.2. The number of nitrogens with one attached hydrogen (secondary N) is 2. The number of hydrogen-bond donors (Lipinski definition) is 2. The first-order valence-electron chi connectivity index (χ1n) is 7.12. The van der Waals surface area contributed by atoms with E-state index in [-0.39, 0.29) is 11.9 Å². The molecular formula is C14H28N2O2. The lowest BCUT2D eigenvalue weighted by molar-refractivity contribution is -0.123. The molecule has 0 bridgehead atoms. The molecule has 4 nitrogen and oxygen atoms in total. The predicted octanol–water partition coefficient (Wildman–Crippen LogP) is 1.55. The smallest absolute Gasteiger partial charge is 0.236 e. The first kappa shape index (κ1) is 15.4. The lowest BCUT2D eigenvalue weighted by Crippen LogP contribution is -2.49. The largest absolute Gasteiger partial charge is 0.381 e. The summed E-state index contributed by atoms with van der Waals surface area (Å²) in [5, 5.41) is 6.37. The first-order valence-corrected chi connectivity index (χ1v) is 7.12. The van der Waals surface area contributed by atoms with Crippen LogP contribution in [0.3, 0.4) is 0 Å². The van der Waals surface area contributed by atoms with Crippen molar-refractivity contribution in [2.24, 2.45) is 11.8 Å². The van der Waals surface area contributed by atoms with Crippen molar-refractivity contribution in [3.05, 3.63) is 0 Å². The van der Waals surface area contributed by atoms with Crippen molar-refractivity contribution in [1.82, 2.24) is 10.6 Å². The van der Waals surface area contributed by atoms with Crippen LogP contribution in [0.1, 0.15) is 40.5 Å². The van der Waals surface area contributed by atoms with Gasteiger partial charge >= 0.3 is 0 Å². The zero-order chi connectivity index (χ0) is 13.5. The molecule has 2 N–H and O–H groups in total. The molecule has 1 saturated heterocycles. The fourth-order valence-corrected chi connectivity index (χ4v) is 2.28. The van der Waals surface area contributed by atoms with Crippen LogP contribution in [0, 0.1) is 11.8 Å². The topological polar surface area (TPSA) is 50.4 Å². The number of carbonyl (C=O) groups is 1. The van der Waals surface area contributed by atoms with Gasteiger partial charge in [-0.15, -0.1) is 0 Å². The lowest BCUT2D eigenvalue weighted by atomic mass is 9.92. The molecule has 2 atom stereocenters. The highest BCUT2D eigenvalue weighted by atomic mass is 16.5. The van der Waals surface area contributed by atoms with Crippen LogP contribution in [0.15, 0.2) is 0 Å². The molecule has 1 aliphatic rings. The number of ether oxygens (including phenoxy) is 1. The van der Waals surface area contributed by atoms with Crippen molar-refractivity contribution < 1.29 is 9.53 Å². The van der Waals surface area contributed by atoms with Gasteiger partial charge in [-0.05, 0) is 38.5 Å². The van der Waals surface area contributed by atoms with E-state index < -0.39 is 0 Å². The van der Waals surface area contributed by atoms with E-state index in [1.54, 1.807) is 0 Å². The summed E-state index contributed by atoms with van der Waals surface area (Å²) in [5.74, 6) is 1.22. The maximum atomic E-state index is 11.9. The minimum Gasteiger partial charge on any atom is -0.381 e. The van der Waals surface area contributed by atoms with Crippen LogP contribution in [-0.2, 0) is 9.53 Å². The monoisotopic (exact) mass is 256 g/mol.